The number of allylic oxidation sites excluding steroid dienone is 2. The molecule has 0 spiro atoms. The average molecular weight is 264 g/mol. The number of unbranched alkanes of at least 4 members (excludes halogenated alkanes) is 6. The molecular formula is C18H34N+. The van der Waals surface area contributed by atoms with Crippen molar-refractivity contribution in [3.05, 3.63) is 23.9 Å². The largest absolute Gasteiger partial charge is 0.294 e. The van der Waals surface area contributed by atoms with Gasteiger partial charge >= 0.3 is 0 Å². The number of quaternary nitrogens is 1. The van der Waals surface area contributed by atoms with Crippen LogP contribution in [0.5, 0.6) is 0 Å². The molecule has 0 N–H and O–H groups in total. The molecule has 0 saturated heterocycles. The van der Waals surface area contributed by atoms with Crippen LogP contribution in [0.2, 0.25) is 0 Å². The van der Waals surface area contributed by atoms with Crippen LogP contribution in [-0.2, 0) is 0 Å². The molecule has 0 unspecified atom stereocenters. The number of hydrogen-bond donors (Lipinski definition) is 0. The summed E-state index contributed by atoms with van der Waals surface area (Å²) in [6, 6.07) is 0. The van der Waals surface area contributed by atoms with Gasteiger partial charge in [-0.25, -0.2) is 0 Å². The van der Waals surface area contributed by atoms with Crippen LogP contribution in [0.3, 0.4) is 0 Å². The van der Waals surface area contributed by atoms with Gasteiger partial charge in [-0.2, -0.15) is 0 Å². The normalized spacial score (nSPS) is 17.5. The van der Waals surface area contributed by atoms with Gasteiger partial charge in [0, 0.05) is 0 Å². The van der Waals surface area contributed by atoms with Crippen molar-refractivity contribution in [2.75, 3.05) is 19.6 Å². The lowest BCUT2D eigenvalue weighted by molar-refractivity contribution is -0.876. The second kappa shape index (κ2) is 9.36. The third-order valence-electron chi connectivity index (χ3n) is 4.26. The molecule has 0 saturated carbocycles. The minimum Gasteiger partial charge on any atom is -0.294 e. The lowest BCUT2D eigenvalue weighted by Crippen LogP contribution is -2.46. The Morgan fingerprint density at radius 1 is 0.895 bits per heavy atom. The van der Waals surface area contributed by atoms with Crippen molar-refractivity contribution < 1.29 is 4.48 Å². The number of rotatable bonds is 10. The Labute approximate surface area is 121 Å². The van der Waals surface area contributed by atoms with Crippen LogP contribution in [0, 0.1) is 0 Å². The molecule has 0 aliphatic carbocycles. The third kappa shape index (κ3) is 6.42. The Morgan fingerprint density at radius 2 is 1.47 bits per heavy atom. The van der Waals surface area contributed by atoms with Gasteiger partial charge in [-0.05, 0) is 44.3 Å². The molecule has 0 atom stereocenters. The van der Waals surface area contributed by atoms with E-state index in [-0.39, 0.29) is 0 Å². The van der Waals surface area contributed by atoms with Gasteiger partial charge in [0.1, 0.15) is 6.54 Å². The molecule has 0 aromatic rings. The number of nitrogens with zero attached hydrogens (tertiary/aromatic N) is 1. The highest BCUT2D eigenvalue weighted by atomic mass is 15.3. The maximum absolute atomic E-state index is 2.46. The molecule has 0 fully saturated rings. The molecular weight excluding hydrogens is 230 g/mol. The second-order valence-electron chi connectivity index (χ2n) is 6.30. The summed E-state index contributed by atoms with van der Waals surface area (Å²) >= 11 is 0. The summed E-state index contributed by atoms with van der Waals surface area (Å²) in [7, 11) is 0. The Hall–Kier alpha value is -0.560. The van der Waals surface area contributed by atoms with E-state index in [4.69, 9.17) is 0 Å². The summed E-state index contributed by atoms with van der Waals surface area (Å²) in [5.74, 6) is 0. The SMILES string of the molecule is CCCCCC[N+]1(CCCCCC)C=CC=C(C)C1. The first-order chi connectivity index (χ1) is 9.22. The minimum atomic E-state index is 1.22. The van der Waals surface area contributed by atoms with Crippen LogP contribution in [0.25, 0.3) is 0 Å². The molecule has 0 amide bonds. The van der Waals surface area contributed by atoms with E-state index in [1.54, 1.807) is 5.57 Å². The van der Waals surface area contributed by atoms with Gasteiger partial charge in [0.25, 0.3) is 0 Å². The molecule has 1 heteroatoms. The number of hydrogen-bond acceptors (Lipinski definition) is 0. The fourth-order valence-corrected chi connectivity index (χ4v) is 3.12. The van der Waals surface area contributed by atoms with Gasteiger partial charge in [-0.3, -0.25) is 4.48 Å². The molecule has 19 heavy (non-hydrogen) atoms. The van der Waals surface area contributed by atoms with Crippen LogP contribution in [-0.4, -0.2) is 24.1 Å². The van der Waals surface area contributed by atoms with Crippen molar-refractivity contribution in [2.24, 2.45) is 0 Å². The smallest absolute Gasteiger partial charge is 0.105 e. The second-order valence-corrected chi connectivity index (χ2v) is 6.30. The average Bonchev–Trinajstić information content (AvgIpc) is 2.40. The highest BCUT2D eigenvalue weighted by Crippen LogP contribution is 2.21. The highest BCUT2D eigenvalue weighted by molar-refractivity contribution is 5.12. The quantitative estimate of drug-likeness (QED) is 0.364. The minimum absolute atomic E-state index is 1.22. The zero-order valence-corrected chi connectivity index (χ0v) is 13.5. The summed E-state index contributed by atoms with van der Waals surface area (Å²) in [5, 5.41) is 0. The molecule has 1 aliphatic rings. The summed E-state index contributed by atoms with van der Waals surface area (Å²) < 4.78 is 1.22. The molecule has 1 heterocycles. The van der Waals surface area contributed by atoms with Crippen LogP contribution >= 0.6 is 0 Å². The molecule has 1 rings (SSSR count). The summed E-state index contributed by atoms with van der Waals surface area (Å²) in [6.07, 6.45) is 18.1. The summed E-state index contributed by atoms with van der Waals surface area (Å²) in [6.45, 7) is 10.8. The fraction of sp³-hybridized carbons (Fsp3) is 0.778. The Kier molecular flexibility index (Phi) is 8.13. The first-order valence-corrected chi connectivity index (χ1v) is 8.43. The molecule has 110 valence electrons. The predicted octanol–water partition coefficient (Wildman–Crippen LogP) is 5.44. The first kappa shape index (κ1) is 16.5. The fourth-order valence-electron chi connectivity index (χ4n) is 3.12. The van der Waals surface area contributed by atoms with E-state index in [0.717, 1.165) is 0 Å². The zero-order chi connectivity index (χ0) is 14.0. The monoisotopic (exact) mass is 264 g/mol. The van der Waals surface area contributed by atoms with Gasteiger partial charge in [0.05, 0.1) is 19.3 Å². The van der Waals surface area contributed by atoms with E-state index in [0.29, 0.717) is 0 Å². The standard InChI is InChI=1S/C18H34N/c1-4-6-8-10-14-19(15-11-9-7-5-2)16-12-13-18(3)17-19/h12-13,16H,4-11,14-15,17H2,1-3H3/q+1. The van der Waals surface area contributed by atoms with Crippen molar-refractivity contribution in [1.82, 2.24) is 0 Å². The maximum Gasteiger partial charge on any atom is 0.105 e. The van der Waals surface area contributed by atoms with E-state index in [9.17, 15) is 0 Å². The summed E-state index contributed by atoms with van der Waals surface area (Å²) in [5.41, 5.74) is 1.55. The lowest BCUT2D eigenvalue weighted by Gasteiger charge is -2.37. The van der Waals surface area contributed by atoms with Crippen LogP contribution in [0.15, 0.2) is 23.9 Å². The topological polar surface area (TPSA) is 0 Å². The van der Waals surface area contributed by atoms with Gasteiger partial charge < -0.3 is 0 Å². The van der Waals surface area contributed by atoms with E-state index < -0.39 is 0 Å². The van der Waals surface area contributed by atoms with Gasteiger partial charge in [0.15, 0.2) is 0 Å². The molecule has 1 nitrogen and oxygen atoms in total. The van der Waals surface area contributed by atoms with Crippen molar-refractivity contribution >= 4 is 0 Å². The predicted molar refractivity (Wildman–Crippen MR) is 86.0 cm³/mol. The molecule has 0 aromatic heterocycles. The third-order valence-corrected chi connectivity index (χ3v) is 4.26. The van der Waals surface area contributed by atoms with Crippen LogP contribution < -0.4 is 0 Å². The van der Waals surface area contributed by atoms with E-state index in [1.165, 1.54) is 75.5 Å². The van der Waals surface area contributed by atoms with Crippen LogP contribution in [0.4, 0.5) is 0 Å². The Bertz CT molecular complexity index is 276. The molecule has 0 radical (unpaired) electrons. The van der Waals surface area contributed by atoms with Gasteiger partial charge in [-0.1, -0.05) is 45.6 Å². The lowest BCUT2D eigenvalue weighted by atomic mass is 10.1. The highest BCUT2D eigenvalue weighted by Gasteiger charge is 2.25. The molecule has 0 bridgehead atoms. The van der Waals surface area contributed by atoms with Gasteiger partial charge in [-0.15, -0.1) is 0 Å². The maximum atomic E-state index is 2.46. The molecule has 0 aromatic carbocycles. The van der Waals surface area contributed by atoms with E-state index in [1.807, 2.05) is 0 Å². The van der Waals surface area contributed by atoms with Crippen molar-refractivity contribution in [2.45, 2.75) is 72.1 Å². The Morgan fingerprint density at radius 3 is 1.95 bits per heavy atom. The van der Waals surface area contributed by atoms with Crippen LogP contribution in [0.1, 0.15) is 72.1 Å². The van der Waals surface area contributed by atoms with Crippen molar-refractivity contribution in [3.63, 3.8) is 0 Å². The van der Waals surface area contributed by atoms with Crippen molar-refractivity contribution in [3.8, 4) is 0 Å². The van der Waals surface area contributed by atoms with E-state index in [2.05, 4.69) is 39.1 Å². The Balaban J connectivity index is 2.43. The van der Waals surface area contributed by atoms with Crippen molar-refractivity contribution in [1.29, 1.82) is 0 Å². The first-order valence-electron chi connectivity index (χ1n) is 8.43. The summed E-state index contributed by atoms with van der Waals surface area (Å²) in [4.78, 5) is 0. The zero-order valence-electron chi connectivity index (χ0n) is 13.5. The molecule has 1 aliphatic heterocycles. The van der Waals surface area contributed by atoms with E-state index >= 15 is 0 Å². The van der Waals surface area contributed by atoms with Gasteiger partial charge in [0.2, 0.25) is 0 Å².